The Balaban J connectivity index is 1.01. The van der Waals surface area contributed by atoms with Crippen molar-refractivity contribution in [2.75, 3.05) is 19.8 Å². The van der Waals surface area contributed by atoms with Crippen LogP contribution >= 0.6 is 0 Å². The van der Waals surface area contributed by atoms with E-state index in [4.69, 9.17) is 42.6 Å². The third-order valence-corrected chi connectivity index (χ3v) is 21.3. The van der Waals surface area contributed by atoms with Crippen molar-refractivity contribution in [3.8, 4) is 0 Å². The number of carbonyl (C=O) groups is 3. The fourth-order valence-electron chi connectivity index (χ4n) is 16.5. The highest BCUT2D eigenvalue weighted by molar-refractivity contribution is 5.79. The number of carboxylic acids is 1. The minimum absolute atomic E-state index is 0.0177. The lowest BCUT2D eigenvalue weighted by atomic mass is 9.33. The number of aliphatic hydroxyl groups is 11. The fourth-order valence-corrected chi connectivity index (χ4v) is 16.5. The molecule has 4 saturated heterocycles. The van der Waals surface area contributed by atoms with E-state index in [-0.39, 0.29) is 39.4 Å². The van der Waals surface area contributed by atoms with Gasteiger partial charge >= 0.3 is 17.9 Å². The molecule has 8 fully saturated rings. The molecule has 5 aliphatic carbocycles. The molecule has 0 radical (unpaired) electrons. The van der Waals surface area contributed by atoms with Crippen LogP contribution in [0.2, 0.25) is 0 Å². The molecule has 0 bridgehead atoms. The van der Waals surface area contributed by atoms with Crippen molar-refractivity contribution < 1.29 is 118 Å². The molecule has 4 aliphatic heterocycles. The number of allylic oxidation sites excluding steroid dienone is 2. The van der Waals surface area contributed by atoms with E-state index in [9.17, 15) is 75.7 Å². The number of fused-ring (bicyclic) bond motifs is 7. The lowest BCUT2D eigenvalue weighted by Crippen LogP contribution is -2.68. The van der Waals surface area contributed by atoms with Gasteiger partial charge in [0.1, 0.15) is 73.2 Å². The molecule has 0 amide bonds. The first-order valence-electron chi connectivity index (χ1n) is 28.1. The maximum Gasteiger partial charge on any atom is 0.335 e. The van der Waals surface area contributed by atoms with Gasteiger partial charge in [-0.05, 0) is 109 Å². The normalized spacial score (nSPS) is 51.3. The Morgan fingerprint density at radius 1 is 0.608 bits per heavy atom. The zero-order chi connectivity index (χ0) is 57.9. The number of carbonyl (C=O) groups excluding carboxylic acids is 2. The summed E-state index contributed by atoms with van der Waals surface area (Å²) in [6.45, 7) is 14.6. The number of aliphatic hydroxyl groups excluding tert-OH is 11. The second kappa shape index (κ2) is 22.1. The van der Waals surface area contributed by atoms with Gasteiger partial charge in [0.05, 0.1) is 31.3 Å². The summed E-state index contributed by atoms with van der Waals surface area (Å²) in [6.07, 6.45) is -25.2. The lowest BCUT2D eigenvalue weighted by molar-refractivity contribution is -0.388. The summed E-state index contributed by atoms with van der Waals surface area (Å²) >= 11 is 0. The van der Waals surface area contributed by atoms with Crippen LogP contribution in [0.5, 0.6) is 0 Å². The molecule has 12 N–H and O–H groups in total. The second-order valence-electron chi connectivity index (χ2n) is 26.4. The maximum atomic E-state index is 14.8. The summed E-state index contributed by atoms with van der Waals surface area (Å²) in [4.78, 5) is 41.1. The first-order chi connectivity index (χ1) is 36.9. The third kappa shape index (κ3) is 10.2. The fraction of sp³-hybridized carbons (Fsp3) is 0.909. The van der Waals surface area contributed by atoms with E-state index in [1.54, 1.807) is 0 Å². The smallest absolute Gasteiger partial charge is 0.335 e. The highest BCUT2D eigenvalue weighted by Crippen LogP contribution is 2.76. The van der Waals surface area contributed by atoms with E-state index in [1.165, 1.54) is 5.57 Å². The van der Waals surface area contributed by atoms with Gasteiger partial charge in [0, 0.05) is 6.92 Å². The van der Waals surface area contributed by atoms with Gasteiger partial charge in [-0.15, -0.1) is 0 Å². The third-order valence-electron chi connectivity index (χ3n) is 21.3. The molecule has 450 valence electrons. The van der Waals surface area contributed by atoms with Crippen molar-refractivity contribution in [3.63, 3.8) is 0 Å². The SMILES string of the molecule is CC(=O)O[C@@H]1[C@@H](O[C@@H]2O[C@H](CO)[C@@H](O)[C@H](O)[C@H]2O)[C@H](O[C@H]2CC[C@@]3(C)[C@H](CC[C@]4(C)[C@@H]3CC=C3[C@@H]5CC(C)(C)CC[C@]5(C(=O)O[C@@H]5O[C@H](CO)[C@@H](O)[C@H](O)[C@H]5O)CC[C@]34C)C2(C)C)O[C@H](C(=O)O)[C@H]1O[C@@H]1OC[C@@H](O)[C@H](O)[C@H]1O. The van der Waals surface area contributed by atoms with E-state index in [0.29, 0.717) is 44.9 Å². The van der Waals surface area contributed by atoms with Crippen molar-refractivity contribution in [2.45, 2.75) is 242 Å². The van der Waals surface area contributed by atoms with Crippen molar-refractivity contribution in [1.29, 1.82) is 0 Å². The topological polar surface area (TPSA) is 377 Å². The van der Waals surface area contributed by atoms with Crippen LogP contribution in [0.4, 0.5) is 0 Å². The van der Waals surface area contributed by atoms with Gasteiger partial charge in [0.25, 0.3) is 0 Å². The number of carboxylic acid groups (broad SMARTS) is 1. The molecule has 9 aliphatic rings. The molecule has 4 saturated carbocycles. The maximum absolute atomic E-state index is 14.8. The molecule has 24 nitrogen and oxygen atoms in total. The molecule has 79 heavy (non-hydrogen) atoms. The minimum atomic E-state index is -2.04. The molecule has 0 unspecified atom stereocenters. The Morgan fingerprint density at radius 3 is 1.82 bits per heavy atom. The monoisotopic (exact) mass is 1130 g/mol. The van der Waals surface area contributed by atoms with Crippen molar-refractivity contribution in [1.82, 2.24) is 0 Å². The van der Waals surface area contributed by atoms with Gasteiger partial charge in [0.15, 0.2) is 37.2 Å². The molecule has 27 atom stereocenters. The number of ether oxygens (including phenoxy) is 9. The van der Waals surface area contributed by atoms with Crippen molar-refractivity contribution >= 4 is 17.9 Å². The molecule has 24 heteroatoms. The highest BCUT2D eigenvalue weighted by atomic mass is 16.8. The molecule has 0 spiro atoms. The van der Waals surface area contributed by atoms with E-state index >= 15 is 0 Å². The van der Waals surface area contributed by atoms with Crippen LogP contribution in [-0.4, -0.2) is 222 Å². The number of aliphatic carboxylic acids is 1. The summed E-state index contributed by atoms with van der Waals surface area (Å²) in [5.41, 5.74) is -1.54. The van der Waals surface area contributed by atoms with Crippen LogP contribution in [0.15, 0.2) is 11.6 Å². The van der Waals surface area contributed by atoms with Gasteiger partial charge < -0.3 is 104 Å². The Hall–Kier alpha value is -2.57. The summed E-state index contributed by atoms with van der Waals surface area (Å²) in [5.74, 6) is -3.24. The average molecular weight is 1130 g/mol. The average Bonchev–Trinajstić information content (AvgIpc) is 2.90. The van der Waals surface area contributed by atoms with Crippen molar-refractivity contribution in [3.05, 3.63) is 11.6 Å². The summed E-state index contributed by atoms with van der Waals surface area (Å²) < 4.78 is 54.2. The molecule has 0 aromatic heterocycles. The molecule has 4 heterocycles. The lowest BCUT2D eigenvalue weighted by Gasteiger charge is -2.71. The van der Waals surface area contributed by atoms with E-state index in [2.05, 4.69) is 54.5 Å². The van der Waals surface area contributed by atoms with Gasteiger partial charge in [-0.2, -0.15) is 0 Å². The summed E-state index contributed by atoms with van der Waals surface area (Å²) in [6, 6.07) is 0. The van der Waals surface area contributed by atoms with Crippen LogP contribution < -0.4 is 0 Å². The van der Waals surface area contributed by atoms with Crippen LogP contribution in [0.3, 0.4) is 0 Å². The van der Waals surface area contributed by atoms with Crippen LogP contribution in [-0.2, 0) is 57.0 Å². The van der Waals surface area contributed by atoms with Gasteiger partial charge in [0.2, 0.25) is 6.29 Å². The quantitative estimate of drug-likeness (QED) is 0.0651. The van der Waals surface area contributed by atoms with E-state index in [0.717, 1.165) is 26.2 Å². The number of esters is 2. The van der Waals surface area contributed by atoms with E-state index in [1.807, 2.05) is 0 Å². The number of hydrogen-bond donors (Lipinski definition) is 12. The van der Waals surface area contributed by atoms with E-state index < -0.39 is 171 Å². The molecular weight excluding hydrogens is 1040 g/mol. The number of hydrogen-bond acceptors (Lipinski definition) is 23. The highest BCUT2D eigenvalue weighted by Gasteiger charge is 2.70. The Bertz CT molecular complexity index is 2260. The standard InChI is InChI=1S/C55H86O24/c1-23(58)72-41-40(76-45-37(65)32(60)26(59)22-71-45)42(44(68)69)77-48(43(41)78-46-38(66)35(63)33(61)27(20-56)73-46)75-31-12-13-52(6)29(51(31,4)5)11-14-54(8)30(52)10-9-24-25-19-50(2,3)15-17-55(25,18-16-53(24,54)7)49(70)79-47-39(67)36(64)34(62)28(21-57)74-47/h9,25-43,45-48,56-57,59-67H,10-22H2,1-8H3,(H,68,69)/t25-,26+,27+,28+,29+,30+,31-,32-,33+,34+,35-,36-,37+,38+,39+,40-,41-,42-,43+,45-,46-,47-,48+,52-,53+,54+,55-/m0/s1. The molecule has 0 aromatic rings. The molecule has 0 aromatic carbocycles. The number of rotatable bonds is 12. The van der Waals surface area contributed by atoms with Gasteiger partial charge in [-0.1, -0.05) is 60.1 Å². The zero-order valence-corrected chi connectivity index (χ0v) is 46.3. The molecule has 9 rings (SSSR count). The van der Waals surface area contributed by atoms with Gasteiger partial charge in [-0.3, -0.25) is 9.59 Å². The second-order valence-corrected chi connectivity index (χ2v) is 26.4. The van der Waals surface area contributed by atoms with Gasteiger partial charge in [-0.25, -0.2) is 4.79 Å². The Labute approximate surface area is 459 Å². The first-order valence-corrected chi connectivity index (χ1v) is 28.1. The van der Waals surface area contributed by atoms with Crippen molar-refractivity contribution in [2.24, 2.45) is 50.2 Å². The zero-order valence-electron chi connectivity index (χ0n) is 46.3. The predicted octanol–water partition coefficient (Wildman–Crippen LogP) is -0.733. The Morgan fingerprint density at radius 2 is 1.20 bits per heavy atom. The largest absolute Gasteiger partial charge is 0.479 e. The Kier molecular flexibility index (Phi) is 17.1. The van der Waals surface area contributed by atoms with Crippen LogP contribution in [0.1, 0.15) is 120 Å². The summed E-state index contributed by atoms with van der Waals surface area (Å²) in [7, 11) is 0. The van der Waals surface area contributed by atoms with Crippen LogP contribution in [0.25, 0.3) is 0 Å². The predicted molar refractivity (Wildman–Crippen MR) is 267 cm³/mol. The molecular formula is C55H86O24. The minimum Gasteiger partial charge on any atom is -0.479 e. The summed E-state index contributed by atoms with van der Waals surface area (Å²) in [5, 5.41) is 127. The first kappa shape index (κ1) is 61.0. The van der Waals surface area contributed by atoms with Crippen LogP contribution in [0, 0.1) is 50.2 Å².